The van der Waals surface area contributed by atoms with Gasteiger partial charge in [-0.15, -0.1) is 0 Å². The number of allylic oxidation sites excluding steroid dienone is 3. The number of methoxy groups -OCH3 is 1. The molecule has 0 unspecified atom stereocenters. The summed E-state index contributed by atoms with van der Waals surface area (Å²) in [5.74, 6) is 1.88. The van der Waals surface area contributed by atoms with Gasteiger partial charge in [-0.25, -0.2) is 43.3 Å². The lowest BCUT2D eigenvalue weighted by atomic mass is 9.73. The van der Waals surface area contributed by atoms with Gasteiger partial charge in [0, 0.05) is 36.1 Å². The number of esters is 2. The van der Waals surface area contributed by atoms with Crippen LogP contribution in [0.4, 0.5) is 0 Å². The summed E-state index contributed by atoms with van der Waals surface area (Å²) in [6.07, 6.45) is 9.77. The second kappa shape index (κ2) is 40.1. The zero-order chi connectivity index (χ0) is 89.8. The predicted molar refractivity (Wildman–Crippen MR) is 479 cm³/mol. The normalized spacial score (nSPS) is 12.0. The van der Waals surface area contributed by atoms with E-state index in [-0.39, 0.29) is 70.2 Å². The Morgan fingerprint density at radius 2 is 0.661 bits per heavy atom. The van der Waals surface area contributed by atoms with Crippen molar-refractivity contribution in [3.8, 4) is 52.1 Å². The first kappa shape index (κ1) is 89.8. The van der Waals surface area contributed by atoms with Crippen molar-refractivity contribution in [3.63, 3.8) is 0 Å². The molecule has 0 spiro atoms. The quantitative estimate of drug-likeness (QED) is 0.0312. The van der Waals surface area contributed by atoms with Gasteiger partial charge >= 0.3 is 17.9 Å². The van der Waals surface area contributed by atoms with Crippen molar-refractivity contribution in [2.75, 3.05) is 20.3 Å². The van der Waals surface area contributed by atoms with Crippen molar-refractivity contribution in [2.45, 2.75) is 89.5 Å². The highest BCUT2D eigenvalue weighted by atomic mass is 32.2. The van der Waals surface area contributed by atoms with E-state index in [1.807, 2.05) is 122 Å². The molecule has 13 aromatic carbocycles. The molecule has 0 atom stereocenters. The first-order valence-corrected chi connectivity index (χ1v) is 45.7. The van der Waals surface area contributed by atoms with Crippen LogP contribution in [0.15, 0.2) is 415 Å². The lowest BCUT2D eigenvalue weighted by Gasteiger charge is -2.31. The number of sulfone groups is 4. The van der Waals surface area contributed by atoms with Crippen molar-refractivity contribution < 1.29 is 81.6 Å². The first-order valence-electron chi connectivity index (χ1n) is 39.8. The van der Waals surface area contributed by atoms with E-state index >= 15 is 0 Å². The maximum absolute atomic E-state index is 13.4. The number of carbonyl (C=O) groups excluding carboxylic acids is 2. The number of carboxylic acids is 1. The van der Waals surface area contributed by atoms with E-state index in [2.05, 4.69) is 9.58 Å². The highest BCUT2D eigenvalue weighted by Gasteiger charge is 2.33. The fraction of sp³-hybridized carbons (Fsp3) is 0.108. The Labute approximate surface area is 737 Å². The molecule has 25 heteroatoms. The van der Waals surface area contributed by atoms with Crippen LogP contribution in [-0.2, 0) is 74.0 Å². The SMILES string of the molecule is CC(CCC(=O)O)(c1ccc(Oc2ccc(S(=O)(=O)c3ccccc3)cc2)cc1)c1ccc(Oc2ccc(S(=O)(=O)c3ccccc3)cc2)cc1.[C-]#[N+]C(C=C1C=CN(CCOC(=O)CCC(C)(c2ccc(Oc3ccc(S(=O)(=O)c4ccccc4)cc3)cc2)c2ccc(Oc3ccc(S(=O)(=O)c4ccccc4)cc3)cc2)C=C1)=c1ccc(=C(C#N)C(=O)OC)cc1. The van der Waals surface area contributed by atoms with E-state index in [1.54, 1.807) is 224 Å². The minimum atomic E-state index is -3.70. The molecule has 0 radical (unpaired) electrons. The molecule has 1 N–H and O–H groups in total. The molecule has 13 aromatic rings. The minimum absolute atomic E-state index is 0.0521. The monoisotopic (exact) mass is 1770 g/mol. The molecule has 0 bridgehead atoms. The molecule has 0 aliphatic carbocycles. The van der Waals surface area contributed by atoms with Crippen LogP contribution in [0.25, 0.3) is 16.1 Å². The Hall–Kier alpha value is -15.0. The van der Waals surface area contributed by atoms with Crippen molar-refractivity contribution in [2.24, 2.45) is 0 Å². The molecule has 0 saturated heterocycles. The second-order valence-electron chi connectivity index (χ2n) is 29.5. The van der Waals surface area contributed by atoms with Crippen LogP contribution in [0.5, 0.6) is 46.0 Å². The van der Waals surface area contributed by atoms with Gasteiger partial charge in [-0.3, -0.25) is 9.59 Å². The van der Waals surface area contributed by atoms with Crippen LogP contribution in [0.3, 0.4) is 0 Å². The number of ether oxygens (including phenoxy) is 6. The Kier molecular flexibility index (Phi) is 28.3. The van der Waals surface area contributed by atoms with Gasteiger partial charge in [-0.05, 0) is 263 Å². The number of carbonyl (C=O) groups is 3. The molecular weight excluding hydrogens is 1680 g/mol. The van der Waals surface area contributed by atoms with Gasteiger partial charge in [0.15, 0.2) is 5.70 Å². The Bertz CT molecular complexity index is 6590. The Morgan fingerprint density at radius 1 is 0.394 bits per heavy atom. The summed E-state index contributed by atoms with van der Waals surface area (Å²) >= 11 is 0. The highest BCUT2D eigenvalue weighted by Crippen LogP contribution is 2.42. The fourth-order valence-corrected chi connectivity index (χ4v) is 19.1. The standard InChI is InChI=1S/C61H49N3O10S2.C41H34O8S2/c1-61(47-18-22-49(23-19-47)73-51-26-30-55(31-27-51)75(67,68)53-10-6-4-7-11-53,48-20-24-50(25-21-48)74-52-28-32-56(33-29-52)76(69,70)54-12-8-5-9-13-54)37-34-59(65)72-41-40-64-38-35-44(36-39-64)42-58(63-2)46-16-14-45(15-17-46)57(43-62)60(66)71-3;1-41(29-28-40(42)43,30-12-16-32(17-13-30)48-34-20-24-38(25-21-34)50(44,45)36-8-4-2-5-9-36)31-14-18-33(19-15-31)49-35-22-26-39(27-23-35)51(46,47)37-10-6-3-7-11-37/h4-33,35-36,38-39,42H,34,37,40-41H2,1,3H3;2-27H,28-29H2,1H3,(H,42,43). The van der Waals surface area contributed by atoms with Gasteiger partial charge in [0.05, 0.1) is 59.4 Å². The molecule has 0 fully saturated rings. The molecule has 21 nitrogen and oxygen atoms in total. The van der Waals surface area contributed by atoms with E-state index < -0.39 is 62.1 Å². The average Bonchev–Trinajstić information content (AvgIpc) is 0.782. The van der Waals surface area contributed by atoms with Gasteiger partial charge in [0.25, 0.3) is 0 Å². The van der Waals surface area contributed by atoms with Crippen LogP contribution in [0, 0.1) is 17.9 Å². The molecule has 1 aliphatic heterocycles. The average molecular weight is 1770 g/mol. The molecule has 14 rings (SSSR count). The van der Waals surface area contributed by atoms with Crippen LogP contribution in [-0.4, -0.2) is 81.8 Å². The Morgan fingerprint density at radius 3 is 0.929 bits per heavy atom. The van der Waals surface area contributed by atoms with Crippen molar-refractivity contribution in [1.82, 2.24) is 4.90 Å². The second-order valence-corrected chi connectivity index (χ2v) is 37.3. The lowest BCUT2D eigenvalue weighted by Crippen LogP contribution is -2.26. The number of hydrogen-bond donors (Lipinski definition) is 1. The number of rotatable bonds is 31. The summed E-state index contributed by atoms with van der Waals surface area (Å²) in [5, 5.41) is 19.9. The number of benzene rings is 13. The lowest BCUT2D eigenvalue weighted by molar-refractivity contribution is -0.144. The van der Waals surface area contributed by atoms with Gasteiger partial charge in [0.1, 0.15) is 64.2 Å². The maximum Gasteiger partial charge on any atom is 0.349 e. The highest BCUT2D eigenvalue weighted by molar-refractivity contribution is 7.92. The smallest absolute Gasteiger partial charge is 0.349 e. The van der Waals surface area contributed by atoms with Crippen molar-refractivity contribution >= 4 is 68.5 Å². The molecule has 1 heterocycles. The predicted octanol–water partition coefficient (Wildman–Crippen LogP) is 19.5. The van der Waals surface area contributed by atoms with Gasteiger partial charge in [-0.2, -0.15) is 5.26 Å². The Balaban J connectivity index is 0.000000235. The molecular formula is C102H83N3O18S4. The molecule has 1 aliphatic rings. The minimum Gasteiger partial charge on any atom is -0.481 e. The number of carboxylic acid groups (broad SMARTS) is 1. The van der Waals surface area contributed by atoms with Crippen LogP contribution in [0.2, 0.25) is 0 Å². The zero-order valence-corrected chi connectivity index (χ0v) is 72.1. The summed E-state index contributed by atoms with van der Waals surface area (Å²) in [4.78, 5) is 44.0. The van der Waals surface area contributed by atoms with Crippen LogP contribution < -0.4 is 29.4 Å². The summed E-state index contributed by atoms with van der Waals surface area (Å²) in [7, 11) is -13.5. The van der Waals surface area contributed by atoms with E-state index in [1.165, 1.54) is 55.6 Å². The number of nitriles is 1. The molecule has 0 aromatic heterocycles. The van der Waals surface area contributed by atoms with Crippen LogP contribution in [0.1, 0.15) is 61.8 Å². The number of aliphatic carboxylic acids is 1. The third-order valence-electron chi connectivity index (χ3n) is 21.3. The molecule has 0 saturated carbocycles. The van der Waals surface area contributed by atoms with E-state index in [0.717, 1.165) is 27.8 Å². The first-order chi connectivity index (χ1) is 61.1. The van der Waals surface area contributed by atoms with Gasteiger partial charge < -0.3 is 38.4 Å². The third-order valence-corrected chi connectivity index (χ3v) is 28.4. The summed E-state index contributed by atoms with van der Waals surface area (Å²) < 4.78 is 139. The molecule has 127 heavy (non-hydrogen) atoms. The number of nitrogens with zero attached hydrogens (tertiary/aromatic N) is 3. The third kappa shape index (κ3) is 22.0. The molecule has 0 amide bonds. The number of hydrogen-bond acceptors (Lipinski definition) is 19. The summed E-state index contributed by atoms with van der Waals surface area (Å²) in [6.45, 7) is 12.3. The van der Waals surface area contributed by atoms with Crippen molar-refractivity contribution in [3.05, 3.63) is 420 Å². The van der Waals surface area contributed by atoms with E-state index in [4.69, 9.17) is 30.3 Å². The summed E-state index contributed by atoms with van der Waals surface area (Å²) in [5.41, 5.74) is 3.13. The maximum atomic E-state index is 13.4. The molecule has 638 valence electrons. The topological polar surface area (TPSA) is 295 Å². The van der Waals surface area contributed by atoms with Gasteiger partial charge in [0.2, 0.25) is 39.3 Å². The summed E-state index contributed by atoms with van der Waals surface area (Å²) in [6, 6.07) is 95.8. The van der Waals surface area contributed by atoms with E-state index in [9.17, 15) is 58.4 Å². The van der Waals surface area contributed by atoms with Crippen molar-refractivity contribution in [1.29, 1.82) is 5.26 Å². The zero-order valence-electron chi connectivity index (χ0n) is 68.8. The van der Waals surface area contributed by atoms with E-state index in [0.29, 0.717) is 81.5 Å². The van der Waals surface area contributed by atoms with Crippen LogP contribution >= 0.6 is 0 Å². The van der Waals surface area contributed by atoms with Gasteiger partial charge in [-0.1, -0.05) is 159 Å². The fourth-order valence-electron chi connectivity index (χ4n) is 13.9. The largest absolute Gasteiger partial charge is 0.481 e.